The number of carbonyl (C=O) groups excluding carboxylic acids is 1. The summed E-state index contributed by atoms with van der Waals surface area (Å²) in [6.07, 6.45) is 7.65. The van der Waals surface area contributed by atoms with Crippen LogP contribution in [0.25, 0.3) is 11.2 Å². The first-order valence-electron chi connectivity index (χ1n) is 13.0. The summed E-state index contributed by atoms with van der Waals surface area (Å²) in [6.45, 7) is 5.60. The molecule has 2 N–H and O–H groups in total. The van der Waals surface area contributed by atoms with Crippen molar-refractivity contribution in [1.29, 1.82) is 0 Å². The van der Waals surface area contributed by atoms with Gasteiger partial charge >= 0.3 is 0 Å². The average molecular weight is 516 g/mol. The van der Waals surface area contributed by atoms with Crippen LogP contribution in [-0.2, 0) is 4.79 Å². The zero-order chi connectivity index (χ0) is 26.1. The maximum Gasteiger partial charge on any atom is 0.225 e. The topological polar surface area (TPSA) is 88.0 Å². The summed E-state index contributed by atoms with van der Waals surface area (Å²) in [6, 6.07) is 1.26. The number of piperidine rings is 1. The number of carbonyl (C=O) groups is 1. The first kappa shape index (κ1) is 25.3. The van der Waals surface area contributed by atoms with Crippen molar-refractivity contribution in [2.45, 2.75) is 70.9 Å². The molecular weight excluding hydrogens is 483 g/mol. The Morgan fingerprint density at radius 3 is 2.32 bits per heavy atom. The summed E-state index contributed by atoms with van der Waals surface area (Å²) in [4.78, 5) is 28.6. The van der Waals surface area contributed by atoms with Gasteiger partial charge in [-0.15, -0.1) is 0 Å². The van der Waals surface area contributed by atoms with E-state index in [1.54, 1.807) is 6.20 Å². The van der Waals surface area contributed by atoms with Crippen molar-refractivity contribution in [1.82, 2.24) is 24.4 Å². The fourth-order valence-electron chi connectivity index (χ4n) is 5.38. The van der Waals surface area contributed by atoms with Crippen LogP contribution in [0, 0.1) is 23.4 Å². The van der Waals surface area contributed by atoms with Crippen LogP contribution in [0.15, 0.2) is 18.3 Å². The minimum atomic E-state index is -1.06. The van der Waals surface area contributed by atoms with Gasteiger partial charge in [-0.3, -0.25) is 9.36 Å². The molecule has 5 rings (SSSR count). The largest absolute Gasteiger partial charge is 0.352 e. The Kier molecular flexibility index (Phi) is 7.21. The molecule has 0 bridgehead atoms. The molecule has 37 heavy (non-hydrogen) atoms. The van der Waals surface area contributed by atoms with E-state index in [0.717, 1.165) is 25.9 Å². The molecule has 1 saturated carbocycles. The van der Waals surface area contributed by atoms with E-state index >= 15 is 0 Å². The predicted molar refractivity (Wildman–Crippen MR) is 135 cm³/mol. The normalized spacial score (nSPS) is 20.4. The molecule has 3 heterocycles. The van der Waals surface area contributed by atoms with Gasteiger partial charge in [0.1, 0.15) is 17.0 Å². The molecule has 3 aromatic rings. The Labute approximate surface area is 213 Å². The SMILES string of the molecule is CC(C)Nc1ncc2nc(Nc3c(F)cc(F)cc3F)n(C3CCC(C(=O)N4CCCCC4)CC3)c2n1. The molecule has 2 fully saturated rings. The van der Waals surface area contributed by atoms with E-state index in [0.29, 0.717) is 54.9 Å². The van der Waals surface area contributed by atoms with Crippen LogP contribution in [0.4, 0.5) is 30.8 Å². The minimum absolute atomic E-state index is 0.0275. The van der Waals surface area contributed by atoms with Gasteiger partial charge in [0, 0.05) is 43.2 Å². The molecule has 0 radical (unpaired) electrons. The molecule has 2 aromatic heterocycles. The highest BCUT2D eigenvalue weighted by Crippen LogP contribution is 2.38. The molecule has 1 saturated heterocycles. The predicted octanol–water partition coefficient (Wildman–Crippen LogP) is 5.55. The highest BCUT2D eigenvalue weighted by molar-refractivity contribution is 5.79. The monoisotopic (exact) mass is 515 g/mol. The zero-order valence-corrected chi connectivity index (χ0v) is 21.1. The fourth-order valence-corrected chi connectivity index (χ4v) is 5.38. The molecule has 2 aliphatic rings. The number of aromatic nitrogens is 4. The molecule has 1 aliphatic heterocycles. The van der Waals surface area contributed by atoms with Gasteiger partial charge in [-0.1, -0.05) is 0 Å². The van der Waals surface area contributed by atoms with E-state index in [4.69, 9.17) is 0 Å². The second-order valence-corrected chi connectivity index (χ2v) is 10.3. The van der Waals surface area contributed by atoms with E-state index < -0.39 is 23.1 Å². The summed E-state index contributed by atoms with van der Waals surface area (Å²) in [5.41, 5.74) is 0.501. The number of likely N-dealkylation sites (tertiary alicyclic amines) is 1. The average Bonchev–Trinajstić information content (AvgIpc) is 3.23. The number of halogens is 3. The van der Waals surface area contributed by atoms with Gasteiger partial charge in [-0.05, 0) is 58.8 Å². The Hall–Kier alpha value is -3.37. The first-order chi connectivity index (χ1) is 17.8. The van der Waals surface area contributed by atoms with Crippen molar-refractivity contribution >= 4 is 34.7 Å². The number of nitrogens with one attached hydrogen (secondary N) is 2. The highest BCUT2D eigenvalue weighted by atomic mass is 19.1. The molecular formula is C26H32F3N7O. The summed E-state index contributed by atoms with van der Waals surface area (Å²) in [5, 5.41) is 5.91. The second-order valence-electron chi connectivity index (χ2n) is 10.3. The van der Waals surface area contributed by atoms with Gasteiger partial charge in [-0.2, -0.15) is 4.98 Å². The molecule has 0 unspecified atom stereocenters. The van der Waals surface area contributed by atoms with Crippen LogP contribution < -0.4 is 10.6 Å². The van der Waals surface area contributed by atoms with Crippen molar-refractivity contribution in [3.63, 3.8) is 0 Å². The summed E-state index contributed by atoms with van der Waals surface area (Å²) in [5.74, 6) is -2.29. The number of imidazole rings is 1. The van der Waals surface area contributed by atoms with E-state index in [1.165, 1.54) is 6.42 Å². The number of anilines is 3. The van der Waals surface area contributed by atoms with Gasteiger partial charge < -0.3 is 15.5 Å². The van der Waals surface area contributed by atoms with E-state index in [-0.39, 0.29) is 29.9 Å². The minimum Gasteiger partial charge on any atom is -0.352 e. The number of rotatable bonds is 6. The zero-order valence-electron chi connectivity index (χ0n) is 21.1. The molecule has 0 atom stereocenters. The maximum atomic E-state index is 14.5. The second kappa shape index (κ2) is 10.5. The van der Waals surface area contributed by atoms with Crippen LogP contribution >= 0.6 is 0 Å². The lowest BCUT2D eigenvalue weighted by Crippen LogP contribution is -2.41. The molecule has 8 nitrogen and oxygen atoms in total. The van der Waals surface area contributed by atoms with E-state index in [1.807, 2.05) is 23.3 Å². The van der Waals surface area contributed by atoms with Crippen molar-refractivity contribution in [3.8, 4) is 0 Å². The number of hydrogen-bond donors (Lipinski definition) is 2. The lowest BCUT2D eigenvalue weighted by Gasteiger charge is -2.34. The highest BCUT2D eigenvalue weighted by Gasteiger charge is 2.33. The van der Waals surface area contributed by atoms with Gasteiger partial charge in [-0.25, -0.2) is 23.1 Å². The number of amides is 1. The third-order valence-electron chi connectivity index (χ3n) is 7.17. The lowest BCUT2D eigenvalue weighted by molar-refractivity contribution is -0.137. The summed E-state index contributed by atoms with van der Waals surface area (Å²) >= 11 is 0. The fraction of sp³-hybridized carbons (Fsp3) is 0.538. The Balaban J connectivity index is 1.45. The Bertz CT molecular complexity index is 1260. The summed E-state index contributed by atoms with van der Waals surface area (Å²) < 4.78 is 44.3. The number of hydrogen-bond acceptors (Lipinski definition) is 6. The molecule has 0 spiro atoms. The van der Waals surface area contributed by atoms with Crippen molar-refractivity contribution in [3.05, 3.63) is 35.8 Å². The Morgan fingerprint density at radius 2 is 1.68 bits per heavy atom. The molecule has 11 heteroatoms. The van der Waals surface area contributed by atoms with Crippen LogP contribution in [0.2, 0.25) is 0 Å². The van der Waals surface area contributed by atoms with Gasteiger partial charge in [0.25, 0.3) is 0 Å². The molecule has 1 amide bonds. The molecule has 1 aromatic carbocycles. The Morgan fingerprint density at radius 1 is 1.00 bits per heavy atom. The number of benzene rings is 1. The van der Waals surface area contributed by atoms with Crippen LogP contribution in [0.1, 0.15) is 64.8 Å². The standard InChI is InChI=1S/C26H32F3N7O/c1-15(2)31-25-30-14-21-23(34-25)36(26(32-21)33-22-19(28)12-17(27)13-20(22)29)18-8-6-16(7-9-18)24(37)35-10-4-3-5-11-35/h12-16,18H,3-11H2,1-2H3,(H,32,33)(H,30,31,34). The van der Waals surface area contributed by atoms with Crippen LogP contribution in [0.3, 0.4) is 0 Å². The van der Waals surface area contributed by atoms with Crippen molar-refractivity contribution in [2.24, 2.45) is 5.92 Å². The van der Waals surface area contributed by atoms with E-state index in [9.17, 15) is 18.0 Å². The van der Waals surface area contributed by atoms with Gasteiger partial charge in [0.05, 0.1) is 6.20 Å². The third-order valence-corrected chi connectivity index (χ3v) is 7.17. The summed E-state index contributed by atoms with van der Waals surface area (Å²) in [7, 11) is 0. The van der Waals surface area contributed by atoms with Crippen molar-refractivity contribution < 1.29 is 18.0 Å². The van der Waals surface area contributed by atoms with Crippen LogP contribution in [-0.4, -0.2) is 49.5 Å². The first-order valence-corrected chi connectivity index (χ1v) is 13.0. The van der Waals surface area contributed by atoms with Crippen molar-refractivity contribution in [2.75, 3.05) is 23.7 Å². The number of nitrogens with zero attached hydrogens (tertiary/aromatic N) is 5. The lowest BCUT2D eigenvalue weighted by atomic mass is 9.84. The number of fused-ring (bicyclic) bond motifs is 1. The molecule has 198 valence electrons. The van der Waals surface area contributed by atoms with Gasteiger partial charge in [0.2, 0.25) is 17.8 Å². The maximum absolute atomic E-state index is 14.5. The van der Waals surface area contributed by atoms with Crippen LogP contribution in [0.5, 0.6) is 0 Å². The smallest absolute Gasteiger partial charge is 0.225 e. The third kappa shape index (κ3) is 5.35. The van der Waals surface area contributed by atoms with E-state index in [2.05, 4.69) is 25.6 Å². The molecule has 1 aliphatic carbocycles. The van der Waals surface area contributed by atoms with Gasteiger partial charge in [0.15, 0.2) is 17.3 Å². The quantitative estimate of drug-likeness (QED) is 0.448.